The zero-order valence-electron chi connectivity index (χ0n) is 16.9. The molecule has 0 spiro atoms. The third-order valence-corrected chi connectivity index (χ3v) is 4.31. The Labute approximate surface area is 172 Å². The van der Waals surface area contributed by atoms with Crippen molar-refractivity contribution in [2.75, 3.05) is 18.5 Å². The number of nitrogens with one attached hydrogen (secondary N) is 1. The number of benzene rings is 3. The van der Waals surface area contributed by atoms with Gasteiger partial charge in [-0.15, -0.1) is 0 Å². The molecule has 0 aliphatic rings. The molecule has 0 saturated heterocycles. The van der Waals surface area contributed by atoms with Crippen molar-refractivity contribution in [1.29, 1.82) is 0 Å². The van der Waals surface area contributed by atoms with Crippen LogP contribution in [0.15, 0.2) is 78.9 Å². The fourth-order valence-electron chi connectivity index (χ4n) is 2.73. The van der Waals surface area contributed by atoms with Gasteiger partial charge in [-0.3, -0.25) is 4.79 Å². The molecule has 0 saturated carbocycles. The largest absolute Gasteiger partial charge is 0.493 e. The van der Waals surface area contributed by atoms with Crippen molar-refractivity contribution < 1.29 is 14.3 Å². The van der Waals surface area contributed by atoms with Crippen LogP contribution in [0.3, 0.4) is 0 Å². The zero-order chi connectivity index (χ0) is 20.5. The second kappa shape index (κ2) is 10.3. The second-order valence-corrected chi connectivity index (χ2v) is 7.29. The summed E-state index contributed by atoms with van der Waals surface area (Å²) >= 11 is 0. The van der Waals surface area contributed by atoms with Crippen LogP contribution >= 0.6 is 0 Å². The summed E-state index contributed by atoms with van der Waals surface area (Å²) in [6, 6.07) is 24.8. The van der Waals surface area contributed by atoms with E-state index in [0.717, 1.165) is 23.6 Å². The molecule has 0 bridgehead atoms. The summed E-state index contributed by atoms with van der Waals surface area (Å²) in [6.07, 6.45) is 0.847. The maximum atomic E-state index is 12.4. The Balaban J connectivity index is 1.48. The first kappa shape index (κ1) is 20.5. The highest BCUT2D eigenvalue weighted by atomic mass is 16.5. The molecular weight excluding hydrogens is 362 g/mol. The molecule has 3 rings (SSSR count). The highest BCUT2D eigenvalue weighted by Gasteiger charge is 2.07. The van der Waals surface area contributed by atoms with Crippen LogP contribution in [-0.4, -0.2) is 19.1 Å². The van der Waals surface area contributed by atoms with Crippen LogP contribution in [0.2, 0.25) is 0 Å². The van der Waals surface area contributed by atoms with E-state index >= 15 is 0 Å². The van der Waals surface area contributed by atoms with Crippen LogP contribution in [0, 0.1) is 5.92 Å². The van der Waals surface area contributed by atoms with Gasteiger partial charge in [0, 0.05) is 17.7 Å². The van der Waals surface area contributed by atoms with Crippen molar-refractivity contribution in [3.8, 4) is 11.5 Å². The van der Waals surface area contributed by atoms with Gasteiger partial charge in [-0.2, -0.15) is 0 Å². The van der Waals surface area contributed by atoms with E-state index in [1.807, 2.05) is 54.6 Å². The molecule has 0 unspecified atom stereocenters. The van der Waals surface area contributed by atoms with Crippen molar-refractivity contribution in [2.24, 2.45) is 5.92 Å². The maximum absolute atomic E-state index is 12.4. The molecule has 4 heteroatoms. The highest BCUT2D eigenvalue weighted by molar-refractivity contribution is 6.04. The van der Waals surface area contributed by atoms with Crippen molar-refractivity contribution >= 4 is 11.6 Å². The molecule has 0 fully saturated rings. The van der Waals surface area contributed by atoms with Crippen molar-refractivity contribution in [2.45, 2.75) is 20.3 Å². The zero-order valence-corrected chi connectivity index (χ0v) is 16.9. The van der Waals surface area contributed by atoms with Gasteiger partial charge in [-0.1, -0.05) is 44.2 Å². The smallest absolute Gasteiger partial charge is 0.255 e. The lowest BCUT2D eigenvalue weighted by atomic mass is 10.1. The monoisotopic (exact) mass is 389 g/mol. The van der Waals surface area contributed by atoms with E-state index in [1.165, 1.54) is 5.56 Å². The van der Waals surface area contributed by atoms with Gasteiger partial charge >= 0.3 is 0 Å². The minimum Gasteiger partial charge on any atom is -0.493 e. The summed E-state index contributed by atoms with van der Waals surface area (Å²) in [5.74, 6) is 1.87. The van der Waals surface area contributed by atoms with Gasteiger partial charge < -0.3 is 14.8 Å². The Morgan fingerprint density at radius 1 is 0.828 bits per heavy atom. The standard InChI is InChI=1S/C25H27NO3/c1-19(2)18-29-24-14-10-22(11-15-24)26-25(27)21-8-12-23(13-9-21)28-17-16-20-6-4-3-5-7-20/h3-15,19H,16-18H2,1-2H3,(H,26,27). The molecule has 0 heterocycles. The van der Waals surface area contributed by atoms with Crippen LogP contribution in [0.5, 0.6) is 11.5 Å². The lowest BCUT2D eigenvalue weighted by molar-refractivity contribution is 0.102. The predicted octanol–water partition coefficient (Wildman–Crippen LogP) is 5.60. The third-order valence-electron chi connectivity index (χ3n) is 4.31. The average Bonchev–Trinajstić information content (AvgIpc) is 2.74. The first-order valence-corrected chi connectivity index (χ1v) is 9.91. The van der Waals surface area contributed by atoms with Gasteiger partial charge in [0.25, 0.3) is 5.91 Å². The molecule has 0 aromatic heterocycles. The number of carbonyl (C=O) groups excluding carboxylic acids is 1. The van der Waals surface area contributed by atoms with E-state index in [2.05, 4.69) is 31.3 Å². The van der Waals surface area contributed by atoms with Gasteiger partial charge in [0.15, 0.2) is 0 Å². The van der Waals surface area contributed by atoms with E-state index in [-0.39, 0.29) is 5.91 Å². The van der Waals surface area contributed by atoms with Crippen LogP contribution in [0.4, 0.5) is 5.69 Å². The SMILES string of the molecule is CC(C)COc1ccc(NC(=O)c2ccc(OCCc3ccccc3)cc2)cc1. The molecule has 1 N–H and O–H groups in total. The van der Waals surface area contributed by atoms with Gasteiger partial charge in [0.2, 0.25) is 0 Å². The molecule has 0 aliphatic carbocycles. The van der Waals surface area contributed by atoms with E-state index < -0.39 is 0 Å². The molecule has 0 aliphatic heterocycles. The fourth-order valence-corrected chi connectivity index (χ4v) is 2.73. The van der Waals surface area contributed by atoms with E-state index in [0.29, 0.717) is 24.7 Å². The van der Waals surface area contributed by atoms with Gasteiger partial charge in [-0.25, -0.2) is 0 Å². The maximum Gasteiger partial charge on any atom is 0.255 e. The summed E-state index contributed by atoms with van der Waals surface area (Å²) in [7, 11) is 0. The van der Waals surface area contributed by atoms with Gasteiger partial charge in [-0.05, 0) is 60.0 Å². The number of rotatable bonds is 9. The Bertz CT molecular complexity index is 888. The number of carbonyl (C=O) groups is 1. The van der Waals surface area contributed by atoms with Crippen LogP contribution in [0.25, 0.3) is 0 Å². The highest BCUT2D eigenvalue weighted by Crippen LogP contribution is 2.18. The Morgan fingerprint density at radius 2 is 1.45 bits per heavy atom. The average molecular weight is 389 g/mol. The molecule has 3 aromatic carbocycles. The number of hydrogen-bond donors (Lipinski definition) is 1. The first-order valence-electron chi connectivity index (χ1n) is 9.91. The first-order chi connectivity index (χ1) is 14.1. The summed E-state index contributed by atoms with van der Waals surface area (Å²) in [4.78, 5) is 12.4. The minimum absolute atomic E-state index is 0.156. The molecule has 4 nitrogen and oxygen atoms in total. The Hall–Kier alpha value is -3.27. The van der Waals surface area contributed by atoms with Gasteiger partial charge in [0.05, 0.1) is 13.2 Å². The predicted molar refractivity (Wildman–Crippen MR) is 117 cm³/mol. The lowest BCUT2D eigenvalue weighted by Gasteiger charge is -2.10. The number of ether oxygens (including phenoxy) is 2. The van der Waals surface area contributed by atoms with E-state index in [4.69, 9.17) is 9.47 Å². The summed E-state index contributed by atoms with van der Waals surface area (Å²) in [5.41, 5.74) is 2.56. The second-order valence-electron chi connectivity index (χ2n) is 7.29. The molecular formula is C25H27NO3. The third kappa shape index (κ3) is 6.68. The Morgan fingerprint density at radius 3 is 2.10 bits per heavy atom. The molecule has 1 amide bonds. The number of anilines is 1. The fraction of sp³-hybridized carbons (Fsp3) is 0.240. The molecule has 0 atom stereocenters. The number of amides is 1. The number of hydrogen-bond acceptors (Lipinski definition) is 3. The normalized spacial score (nSPS) is 10.6. The summed E-state index contributed by atoms with van der Waals surface area (Å²) in [5, 5.41) is 2.90. The van der Waals surface area contributed by atoms with Crippen molar-refractivity contribution in [3.63, 3.8) is 0 Å². The quantitative estimate of drug-likeness (QED) is 0.518. The van der Waals surface area contributed by atoms with Crippen LogP contribution < -0.4 is 14.8 Å². The molecule has 0 radical (unpaired) electrons. The topological polar surface area (TPSA) is 47.6 Å². The van der Waals surface area contributed by atoms with Gasteiger partial charge in [0.1, 0.15) is 11.5 Å². The van der Waals surface area contributed by atoms with E-state index in [9.17, 15) is 4.79 Å². The van der Waals surface area contributed by atoms with Crippen molar-refractivity contribution in [1.82, 2.24) is 0 Å². The van der Waals surface area contributed by atoms with Crippen LogP contribution in [0.1, 0.15) is 29.8 Å². The van der Waals surface area contributed by atoms with Crippen LogP contribution in [-0.2, 0) is 6.42 Å². The minimum atomic E-state index is -0.156. The molecule has 29 heavy (non-hydrogen) atoms. The van der Waals surface area contributed by atoms with Crippen molar-refractivity contribution in [3.05, 3.63) is 90.0 Å². The summed E-state index contributed by atoms with van der Waals surface area (Å²) < 4.78 is 11.4. The Kier molecular flexibility index (Phi) is 7.28. The van der Waals surface area contributed by atoms with E-state index in [1.54, 1.807) is 12.1 Å². The lowest BCUT2D eigenvalue weighted by Crippen LogP contribution is -2.12. The summed E-state index contributed by atoms with van der Waals surface area (Å²) in [6.45, 7) is 5.48. The molecule has 150 valence electrons. The molecule has 3 aromatic rings.